The van der Waals surface area contributed by atoms with Crippen LogP contribution in [0.4, 0.5) is 0 Å². The van der Waals surface area contributed by atoms with Crippen LogP contribution in [0.1, 0.15) is 10.5 Å². The van der Waals surface area contributed by atoms with E-state index in [4.69, 9.17) is 0 Å². The minimum atomic E-state index is -0.689. The molecule has 17 heavy (non-hydrogen) atoms. The Morgan fingerprint density at radius 1 is 1.47 bits per heavy atom. The van der Waals surface area contributed by atoms with Gasteiger partial charge in [-0.3, -0.25) is 4.79 Å². The molecular weight excluding hydrogens is 240 g/mol. The molecule has 0 saturated carbocycles. The summed E-state index contributed by atoms with van der Waals surface area (Å²) in [5.74, 6) is -0.785. The number of Topliss-reactive ketones (excluding diaryl/α,β-unsaturated/α-hetero) is 1. The minimum absolute atomic E-state index is 0.0200. The first-order valence-corrected chi connectivity index (χ1v) is 5.91. The van der Waals surface area contributed by atoms with E-state index in [0.717, 1.165) is 9.58 Å². The molecule has 1 aromatic carbocycles. The van der Waals surface area contributed by atoms with Crippen LogP contribution in [0.5, 0.6) is 5.95 Å². The number of hydrogen-bond acceptors (Lipinski definition) is 5. The normalized spacial score (nSPS) is 10.4. The van der Waals surface area contributed by atoms with E-state index in [2.05, 4.69) is 9.79 Å². The fraction of sp³-hybridized carbons (Fsp3) is 0.182. The number of benzene rings is 1. The maximum atomic E-state index is 11.8. The number of rotatable bonds is 4. The van der Waals surface area contributed by atoms with Gasteiger partial charge in [-0.2, -0.15) is 0 Å². The molecule has 0 aliphatic rings. The monoisotopic (exact) mass is 250 g/mol. The molecule has 0 atom stereocenters. The number of aryl methyl sites for hydroxylation is 1. The molecule has 0 unspecified atom stereocenters. The molecule has 0 amide bonds. The van der Waals surface area contributed by atoms with Gasteiger partial charge in [-0.25, -0.2) is 0 Å². The summed E-state index contributed by atoms with van der Waals surface area (Å²) in [7, 11) is 1.51. The van der Waals surface area contributed by atoms with Crippen molar-refractivity contribution in [2.45, 2.75) is 4.90 Å². The van der Waals surface area contributed by atoms with Crippen LogP contribution >= 0.6 is 11.8 Å². The number of carbonyl (C=O) groups is 1. The SMILES string of the molecule is C[n+]1noc([O-])c1C(=O)CSc1ccccc1. The molecule has 0 saturated heterocycles. The molecule has 2 aromatic rings. The van der Waals surface area contributed by atoms with Crippen LogP contribution in [-0.2, 0) is 7.05 Å². The third kappa shape index (κ3) is 2.65. The van der Waals surface area contributed by atoms with Gasteiger partial charge in [0.05, 0.1) is 11.0 Å². The third-order valence-electron chi connectivity index (χ3n) is 2.14. The fourth-order valence-electron chi connectivity index (χ4n) is 1.34. The first kappa shape index (κ1) is 11.7. The lowest BCUT2D eigenvalue weighted by Crippen LogP contribution is -2.37. The zero-order chi connectivity index (χ0) is 12.3. The highest BCUT2D eigenvalue weighted by atomic mass is 32.2. The van der Waals surface area contributed by atoms with Crippen LogP contribution < -0.4 is 9.79 Å². The van der Waals surface area contributed by atoms with Crippen LogP contribution in [0.2, 0.25) is 0 Å². The van der Waals surface area contributed by atoms with Gasteiger partial charge in [-0.1, -0.05) is 22.9 Å². The summed E-state index contributed by atoms with van der Waals surface area (Å²) in [6.07, 6.45) is 0. The molecule has 0 bridgehead atoms. The first-order chi connectivity index (χ1) is 8.18. The average Bonchev–Trinajstić information content (AvgIpc) is 2.67. The lowest BCUT2D eigenvalue weighted by molar-refractivity contribution is -0.741. The Hall–Kier alpha value is -1.82. The van der Waals surface area contributed by atoms with Gasteiger partial charge in [0.1, 0.15) is 0 Å². The Kier molecular flexibility index (Phi) is 3.43. The summed E-state index contributed by atoms with van der Waals surface area (Å²) < 4.78 is 5.56. The second kappa shape index (κ2) is 5.01. The van der Waals surface area contributed by atoms with Gasteiger partial charge >= 0.3 is 0 Å². The van der Waals surface area contributed by atoms with Gasteiger partial charge in [-0.05, 0) is 12.1 Å². The number of hydrogen-bond donors (Lipinski definition) is 0. The molecule has 0 spiro atoms. The van der Waals surface area contributed by atoms with Crippen molar-refractivity contribution in [2.24, 2.45) is 7.05 Å². The standard InChI is InChI=1S/C11H10N2O3S/c1-13-10(11(15)16-12-13)9(14)7-17-8-5-3-2-4-6-8/h2-6H,7H2,1H3. The molecular formula is C11H10N2O3S. The van der Waals surface area contributed by atoms with Crippen molar-refractivity contribution in [3.8, 4) is 5.95 Å². The average molecular weight is 250 g/mol. The van der Waals surface area contributed by atoms with Crippen molar-refractivity contribution in [1.29, 1.82) is 0 Å². The number of thioether (sulfide) groups is 1. The predicted molar refractivity (Wildman–Crippen MR) is 58.6 cm³/mol. The quantitative estimate of drug-likeness (QED) is 0.450. The van der Waals surface area contributed by atoms with Gasteiger partial charge in [0.25, 0.3) is 5.69 Å². The molecule has 5 nitrogen and oxygen atoms in total. The zero-order valence-corrected chi connectivity index (χ0v) is 9.94. The second-order valence-corrected chi connectivity index (χ2v) is 4.41. The van der Waals surface area contributed by atoms with Gasteiger partial charge in [0.2, 0.25) is 5.78 Å². The minimum Gasteiger partial charge on any atom is -0.539 e. The molecule has 0 aliphatic carbocycles. The van der Waals surface area contributed by atoms with Crippen molar-refractivity contribution in [1.82, 2.24) is 5.27 Å². The predicted octanol–water partition coefficient (Wildman–Crippen LogP) is 0.548. The maximum absolute atomic E-state index is 11.8. The number of ketones is 1. The smallest absolute Gasteiger partial charge is 0.300 e. The highest BCUT2D eigenvalue weighted by Gasteiger charge is 2.22. The number of aromatic nitrogens is 2. The van der Waals surface area contributed by atoms with E-state index in [1.807, 2.05) is 30.3 Å². The third-order valence-corrected chi connectivity index (χ3v) is 3.15. The van der Waals surface area contributed by atoms with Crippen molar-refractivity contribution < 1.29 is 19.1 Å². The van der Waals surface area contributed by atoms with Crippen LogP contribution in [-0.4, -0.2) is 16.8 Å². The number of carbonyl (C=O) groups excluding carboxylic acids is 1. The highest BCUT2D eigenvalue weighted by Crippen LogP contribution is 2.19. The molecule has 0 fully saturated rings. The van der Waals surface area contributed by atoms with Crippen LogP contribution in [0.25, 0.3) is 0 Å². The zero-order valence-electron chi connectivity index (χ0n) is 9.12. The summed E-state index contributed by atoms with van der Waals surface area (Å²) >= 11 is 1.37. The first-order valence-electron chi connectivity index (χ1n) is 4.92. The molecule has 0 radical (unpaired) electrons. The summed E-state index contributed by atoms with van der Waals surface area (Å²) in [6.45, 7) is 0. The summed E-state index contributed by atoms with van der Waals surface area (Å²) in [4.78, 5) is 12.8. The van der Waals surface area contributed by atoms with Crippen molar-refractivity contribution in [2.75, 3.05) is 5.75 Å². The Morgan fingerprint density at radius 3 is 2.76 bits per heavy atom. The Balaban J connectivity index is 2.04. The summed E-state index contributed by atoms with van der Waals surface area (Å²) in [5.41, 5.74) is -0.0200. The lowest BCUT2D eigenvalue weighted by Gasteiger charge is -1.98. The van der Waals surface area contributed by atoms with Gasteiger partial charge < -0.3 is 9.63 Å². The second-order valence-electron chi connectivity index (χ2n) is 3.36. The van der Waals surface area contributed by atoms with Crippen LogP contribution in [0.15, 0.2) is 39.8 Å². The van der Waals surface area contributed by atoms with E-state index < -0.39 is 5.95 Å². The Bertz CT molecular complexity index is 505. The molecule has 0 N–H and O–H groups in total. The van der Waals surface area contributed by atoms with E-state index in [0.29, 0.717) is 0 Å². The van der Waals surface area contributed by atoms with Gasteiger partial charge in [0, 0.05) is 4.90 Å². The van der Waals surface area contributed by atoms with Crippen LogP contribution in [0.3, 0.4) is 0 Å². The van der Waals surface area contributed by atoms with Crippen molar-refractivity contribution >= 4 is 17.5 Å². The summed E-state index contributed by atoms with van der Waals surface area (Å²) in [6, 6.07) is 9.51. The molecule has 2 rings (SSSR count). The molecule has 0 aliphatic heterocycles. The maximum Gasteiger partial charge on any atom is 0.300 e. The summed E-state index contributed by atoms with van der Waals surface area (Å²) in [5, 5.41) is 14.6. The molecule has 1 aromatic heterocycles. The van der Waals surface area contributed by atoms with E-state index in [1.54, 1.807) is 0 Å². The largest absolute Gasteiger partial charge is 0.539 e. The number of nitrogens with zero attached hydrogens (tertiary/aromatic N) is 2. The van der Waals surface area contributed by atoms with E-state index >= 15 is 0 Å². The van der Waals surface area contributed by atoms with E-state index in [9.17, 15) is 9.90 Å². The Morgan fingerprint density at radius 2 is 2.18 bits per heavy atom. The lowest BCUT2D eigenvalue weighted by atomic mass is 10.3. The molecule has 1 heterocycles. The van der Waals surface area contributed by atoms with Gasteiger partial charge in [0.15, 0.2) is 13.0 Å². The van der Waals surface area contributed by atoms with Crippen molar-refractivity contribution in [3.63, 3.8) is 0 Å². The highest BCUT2D eigenvalue weighted by molar-refractivity contribution is 8.00. The van der Waals surface area contributed by atoms with Gasteiger partial charge in [-0.15, -0.1) is 11.8 Å². The van der Waals surface area contributed by atoms with Crippen LogP contribution in [0, 0.1) is 0 Å². The Labute approximate surface area is 102 Å². The molecule has 88 valence electrons. The van der Waals surface area contributed by atoms with E-state index in [1.165, 1.54) is 18.8 Å². The fourth-order valence-corrected chi connectivity index (χ4v) is 2.13. The topological polar surface area (TPSA) is 70.0 Å². The molecule has 6 heteroatoms. The van der Waals surface area contributed by atoms with Crippen molar-refractivity contribution in [3.05, 3.63) is 36.0 Å². The van der Waals surface area contributed by atoms with E-state index in [-0.39, 0.29) is 17.2 Å².